The number of nitrogens with two attached hydrogens (primary N) is 1. The Kier molecular flexibility index (Phi) is 3.28. The van der Waals surface area contributed by atoms with Crippen molar-refractivity contribution in [3.8, 4) is 0 Å². The fraction of sp³-hybridized carbons (Fsp3) is 0.538. The van der Waals surface area contributed by atoms with Crippen LogP contribution in [0.1, 0.15) is 26.3 Å². The molecule has 0 unspecified atom stereocenters. The van der Waals surface area contributed by atoms with Crippen LogP contribution in [-0.4, -0.2) is 13.6 Å². The largest absolute Gasteiger partial charge is 0.399 e. The Bertz CT molecular complexity index is 337. The molecule has 0 aliphatic carbocycles. The van der Waals surface area contributed by atoms with Crippen LogP contribution in [0.2, 0.25) is 0 Å². The van der Waals surface area contributed by atoms with Crippen LogP contribution in [0.3, 0.4) is 0 Å². The van der Waals surface area contributed by atoms with Gasteiger partial charge in [0.25, 0.3) is 0 Å². The van der Waals surface area contributed by atoms with E-state index in [9.17, 15) is 0 Å². The third-order valence-electron chi connectivity index (χ3n) is 2.34. The van der Waals surface area contributed by atoms with E-state index in [1.165, 1.54) is 11.3 Å². The number of hydrogen-bond donors (Lipinski definition) is 1. The second-order valence-electron chi connectivity index (χ2n) is 5.46. The third-order valence-corrected chi connectivity index (χ3v) is 2.34. The van der Waals surface area contributed by atoms with Gasteiger partial charge in [-0.15, -0.1) is 0 Å². The highest BCUT2D eigenvalue weighted by molar-refractivity contribution is 5.58. The second-order valence-corrected chi connectivity index (χ2v) is 5.46. The first kappa shape index (κ1) is 11.9. The summed E-state index contributed by atoms with van der Waals surface area (Å²) in [6.07, 6.45) is 0. The molecule has 84 valence electrons. The van der Waals surface area contributed by atoms with E-state index in [1.807, 2.05) is 12.1 Å². The van der Waals surface area contributed by atoms with E-state index in [0.29, 0.717) is 5.41 Å². The molecule has 2 N–H and O–H groups in total. The third kappa shape index (κ3) is 3.46. The maximum absolute atomic E-state index is 5.74. The van der Waals surface area contributed by atoms with Crippen LogP contribution in [0, 0.1) is 12.3 Å². The normalized spacial score (nSPS) is 11.5. The predicted octanol–water partition coefficient (Wildman–Crippen LogP) is 3.06. The lowest BCUT2D eigenvalue weighted by molar-refractivity contribution is 0.419. The molecule has 0 fully saturated rings. The quantitative estimate of drug-likeness (QED) is 0.754. The van der Waals surface area contributed by atoms with Crippen LogP contribution in [0.25, 0.3) is 0 Å². The minimum atomic E-state index is 0.308. The smallest absolute Gasteiger partial charge is 0.0395 e. The van der Waals surface area contributed by atoms with E-state index in [-0.39, 0.29) is 0 Å². The van der Waals surface area contributed by atoms with Crippen LogP contribution in [0.15, 0.2) is 18.2 Å². The van der Waals surface area contributed by atoms with Crippen molar-refractivity contribution in [1.82, 2.24) is 0 Å². The minimum absolute atomic E-state index is 0.308. The molecule has 1 rings (SSSR count). The summed E-state index contributed by atoms with van der Waals surface area (Å²) in [5.41, 5.74) is 9.38. The van der Waals surface area contributed by atoms with Crippen LogP contribution in [0.4, 0.5) is 11.4 Å². The van der Waals surface area contributed by atoms with Gasteiger partial charge in [0, 0.05) is 25.0 Å². The molecule has 2 heteroatoms. The number of rotatable bonds is 2. The zero-order valence-electron chi connectivity index (χ0n) is 10.5. The zero-order valence-corrected chi connectivity index (χ0v) is 10.5. The number of aryl methyl sites for hydroxylation is 1. The van der Waals surface area contributed by atoms with Crippen LogP contribution >= 0.6 is 0 Å². The summed E-state index contributed by atoms with van der Waals surface area (Å²) in [6, 6.07) is 6.08. The molecular formula is C13H22N2. The SMILES string of the molecule is Cc1cc(N)ccc1N(C)CC(C)(C)C. The number of benzene rings is 1. The van der Waals surface area contributed by atoms with Crippen molar-refractivity contribution < 1.29 is 0 Å². The van der Waals surface area contributed by atoms with Gasteiger partial charge in [-0.25, -0.2) is 0 Å². The van der Waals surface area contributed by atoms with Crippen molar-refractivity contribution in [2.45, 2.75) is 27.7 Å². The van der Waals surface area contributed by atoms with E-state index in [1.54, 1.807) is 0 Å². The van der Waals surface area contributed by atoms with Crippen LogP contribution in [0.5, 0.6) is 0 Å². The lowest BCUT2D eigenvalue weighted by Crippen LogP contribution is -2.29. The van der Waals surface area contributed by atoms with Gasteiger partial charge in [-0.3, -0.25) is 0 Å². The summed E-state index contributed by atoms with van der Waals surface area (Å²) in [7, 11) is 2.13. The monoisotopic (exact) mass is 206 g/mol. The van der Waals surface area contributed by atoms with Crippen molar-refractivity contribution in [2.24, 2.45) is 5.41 Å². The first-order valence-electron chi connectivity index (χ1n) is 5.37. The van der Waals surface area contributed by atoms with Gasteiger partial charge in [-0.05, 0) is 36.1 Å². The molecule has 0 amide bonds. The lowest BCUT2D eigenvalue weighted by Gasteiger charge is -2.29. The maximum Gasteiger partial charge on any atom is 0.0395 e. The first-order valence-corrected chi connectivity index (χ1v) is 5.37. The standard InChI is InChI=1S/C13H22N2/c1-10-8-11(14)6-7-12(10)15(5)9-13(2,3)4/h6-8H,9,14H2,1-5H3. The van der Waals surface area contributed by atoms with Gasteiger partial charge in [-0.2, -0.15) is 0 Å². The molecule has 0 radical (unpaired) electrons. The van der Waals surface area contributed by atoms with Gasteiger partial charge in [0.1, 0.15) is 0 Å². The first-order chi connectivity index (χ1) is 6.79. The molecule has 1 aromatic carbocycles. The molecule has 0 aliphatic heterocycles. The number of hydrogen-bond acceptors (Lipinski definition) is 2. The van der Waals surface area contributed by atoms with Crippen molar-refractivity contribution in [2.75, 3.05) is 24.2 Å². The Hall–Kier alpha value is -1.18. The molecule has 2 nitrogen and oxygen atoms in total. The van der Waals surface area contributed by atoms with Crippen molar-refractivity contribution in [3.63, 3.8) is 0 Å². The van der Waals surface area contributed by atoms with Gasteiger partial charge in [0.05, 0.1) is 0 Å². The lowest BCUT2D eigenvalue weighted by atomic mass is 9.96. The molecule has 0 saturated carbocycles. The van der Waals surface area contributed by atoms with Gasteiger partial charge in [-0.1, -0.05) is 20.8 Å². The van der Waals surface area contributed by atoms with Crippen molar-refractivity contribution >= 4 is 11.4 Å². The zero-order chi connectivity index (χ0) is 11.6. The molecule has 0 atom stereocenters. The van der Waals surface area contributed by atoms with Gasteiger partial charge in [0.15, 0.2) is 0 Å². The Balaban J connectivity index is 2.87. The number of anilines is 2. The molecule has 0 saturated heterocycles. The highest BCUT2D eigenvalue weighted by Crippen LogP contribution is 2.24. The molecule has 0 bridgehead atoms. The van der Waals surface area contributed by atoms with Gasteiger partial charge < -0.3 is 10.6 Å². The van der Waals surface area contributed by atoms with Crippen LogP contribution in [-0.2, 0) is 0 Å². The molecular weight excluding hydrogens is 184 g/mol. The molecule has 15 heavy (non-hydrogen) atoms. The fourth-order valence-electron chi connectivity index (χ4n) is 1.90. The Morgan fingerprint density at radius 3 is 2.33 bits per heavy atom. The Morgan fingerprint density at radius 2 is 1.87 bits per heavy atom. The fourth-order valence-corrected chi connectivity index (χ4v) is 1.90. The van der Waals surface area contributed by atoms with E-state index < -0.39 is 0 Å². The van der Waals surface area contributed by atoms with Crippen LogP contribution < -0.4 is 10.6 Å². The highest BCUT2D eigenvalue weighted by atomic mass is 15.1. The minimum Gasteiger partial charge on any atom is -0.399 e. The van der Waals surface area contributed by atoms with E-state index >= 15 is 0 Å². The average Bonchev–Trinajstić information content (AvgIpc) is 1.99. The summed E-state index contributed by atoms with van der Waals surface area (Å²) in [6.45, 7) is 9.88. The van der Waals surface area contributed by atoms with Gasteiger partial charge in [0.2, 0.25) is 0 Å². The summed E-state index contributed by atoms with van der Waals surface area (Å²) in [4.78, 5) is 2.29. The predicted molar refractivity (Wildman–Crippen MR) is 68.3 cm³/mol. The van der Waals surface area contributed by atoms with E-state index in [0.717, 1.165) is 12.2 Å². The topological polar surface area (TPSA) is 29.3 Å². The molecule has 0 aliphatic rings. The highest BCUT2D eigenvalue weighted by Gasteiger charge is 2.14. The van der Waals surface area contributed by atoms with E-state index in [2.05, 4.69) is 45.7 Å². The second kappa shape index (κ2) is 4.13. The Labute approximate surface area is 93.1 Å². The molecule has 1 aromatic rings. The van der Waals surface area contributed by atoms with E-state index in [4.69, 9.17) is 5.73 Å². The summed E-state index contributed by atoms with van der Waals surface area (Å²) < 4.78 is 0. The van der Waals surface area contributed by atoms with Crippen molar-refractivity contribution in [1.29, 1.82) is 0 Å². The Morgan fingerprint density at radius 1 is 1.27 bits per heavy atom. The molecule has 0 spiro atoms. The molecule has 0 aromatic heterocycles. The average molecular weight is 206 g/mol. The molecule has 0 heterocycles. The van der Waals surface area contributed by atoms with Crippen molar-refractivity contribution in [3.05, 3.63) is 23.8 Å². The number of nitrogens with zero attached hydrogens (tertiary/aromatic N) is 1. The number of nitrogen functional groups attached to an aromatic ring is 1. The summed E-state index contributed by atoms with van der Waals surface area (Å²) in [5.74, 6) is 0. The maximum atomic E-state index is 5.74. The summed E-state index contributed by atoms with van der Waals surface area (Å²) >= 11 is 0. The van der Waals surface area contributed by atoms with Gasteiger partial charge >= 0.3 is 0 Å². The summed E-state index contributed by atoms with van der Waals surface area (Å²) in [5, 5.41) is 0.